The minimum absolute atomic E-state index is 0.260. The van der Waals surface area contributed by atoms with E-state index >= 15 is 0 Å². The Hall–Kier alpha value is -1.99. The number of carboxylic acid groups (broad SMARTS) is 1. The number of rotatable bonds is 4. The molecule has 1 rings (SSSR count). The quantitative estimate of drug-likeness (QED) is 0.662. The van der Waals surface area contributed by atoms with Crippen molar-refractivity contribution in [2.24, 2.45) is 0 Å². The summed E-state index contributed by atoms with van der Waals surface area (Å²) in [6.07, 6.45) is -4.52. The fourth-order valence-electron chi connectivity index (χ4n) is 1.79. The van der Waals surface area contributed by atoms with Gasteiger partial charge in [-0.15, -0.1) is 0 Å². The summed E-state index contributed by atoms with van der Waals surface area (Å²) in [4.78, 5) is 12.0. The Morgan fingerprint density at radius 1 is 1.40 bits per heavy atom. The lowest BCUT2D eigenvalue weighted by Crippen LogP contribution is -2.40. The Morgan fingerprint density at radius 3 is 2.35 bits per heavy atom. The third-order valence-electron chi connectivity index (χ3n) is 2.67. The van der Waals surface area contributed by atoms with Crippen molar-refractivity contribution in [3.63, 3.8) is 0 Å². The molecular formula is C12H14F4N2O2. The van der Waals surface area contributed by atoms with E-state index in [1.165, 1.54) is 13.8 Å². The summed E-state index contributed by atoms with van der Waals surface area (Å²) in [6, 6.07) is 1.20. The molecule has 0 amide bonds. The summed E-state index contributed by atoms with van der Waals surface area (Å²) in [7, 11) is 0. The van der Waals surface area contributed by atoms with Crippen LogP contribution in [0.15, 0.2) is 12.1 Å². The third kappa shape index (κ3) is 3.52. The van der Waals surface area contributed by atoms with Gasteiger partial charge in [-0.3, -0.25) is 0 Å². The normalized spacial score (nSPS) is 11.8. The largest absolute Gasteiger partial charge is 0.478 e. The summed E-state index contributed by atoms with van der Waals surface area (Å²) in [5, 5.41) is 9.05. The van der Waals surface area contributed by atoms with Crippen LogP contribution in [0.5, 0.6) is 0 Å². The van der Waals surface area contributed by atoms with Crippen molar-refractivity contribution in [1.82, 2.24) is 0 Å². The highest BCUT2D eigenvalue weighted by Crippen LogP contribution is 2.31. The number of halogens is 4. The summed E-state index contributed by atoms with van der Waals surface area (Å²) < 4.78 is 51.0. The number of nitrogens with zero attached hydrogens (tertiary/aromatic N) is 1. The number of carbonyl (C=O) groups is 1. The van der Waals surface area contributed by atoms with Gasteiger partial charge in [-0.25, -0.2) is 9.18 Å². The van der Waals surface area contributed by atoms with Crippen LogP contribution < -0.4 is 10.6 Å². The van der Waals surface area contributed by atoms with Crippen molar-refractivity contribution in [3.8, 4) is 0 Å². The number of aromatic carboxylic acids is 1. The topological polar surface area (TPSA) is 66.6 Å². The molecule has 0 radical (unpaired) electrons. The zero-order valence-electron chi connectivity index (χ0n) is 10.8. The number of alkyl halides is 3. The van der Waals surface area contributed by atoms with E-state index < -0.39 is 41.8 Å². The van der Waals surface area contributed by atoms with Crippen molar-refractivity contribution in [2.75, 3.05) is 17.2 Å². The van der Waals surface area contributed by atoms with Crippen LogP contribution in [0.4, 0.5) is 28.9 Å². The Morgan fingerprint density at radius 2 is 1.95 bits per heavy atom. The maximum atomic E-state index is 13.3. The second-order valence-corrected chi connectivity index (χ2v) is 4.50. The van der Waals surface area contributed by atoms with Gasteiger partial charge in [0.15, 0.2) is 0 Å². The Kier molecular flexibility index (Phi) is 4.46. The van der Waals surface area contributed by atoms with Crippen LogP contribution in [0, 0.1) is 5.82 Å². The highest BCUT2D eigenvalue weighted by Gasteiger charge is 2.34. The minimum atomic E-state index is -4.52. The van der Waals surface area contributed by atoms with Crippen LogP contribution in [-0.2, 0) is 0 Å². The van der Waals surface area contributed by atoms with Crippen LogP contribution in [0.25, 0.3) is 0 Å². The standard InChI is InChI=1S/C12H14F4N2O2/c1-6(2)18(5-12(14,15)16)8-4-3-7(13)10(17)9(8)11(19)20/h3-4,6H,5,17H2,1-2H3,(H,19,20). The van der Waals surface area contributed by atoms with Crippen LogP contribution in [0.3, 0.4) is 0 Å². The molecule has 0 heterocycles. The first-order valence-electron chi connectivity index (χ1n) is 5.69. The molecule has 0 aromatic heterocycles. The van der Waals surface area contributed by atoms with Gasteiger partial charge in [0.2, 0.25) is 0 Å². The molecule has 0 saturated carbocycles. The lowest BCUT2D eigenvalue weighted by molar-refractivity contribution is -0.120. The van der Waals surface area contributed by atoms with Gasteiger partial charge in [0.05, 0.1) is 11.4 Å². The van der Waals surface area contributed by atoms with Gasteiger partial charge < -0.3 is 15.7 Å². The molecule has 0 spiro atoms. The zero-order valence-corrected chi connectivity index (χ0v) is 10.8. The number of benzene rings is 1. The van der Waals surface area contributed by atoms with Gasteiger partial charge >= 0.3 is 12.1 Å². The van der Waals surface area contributed by atoms with E-state index in [1.54, 1.807) is 0 Å². The molecule has 3 N–H and O–H groups in total. The van der Waals surface area contributed by atoms with Crippen LogP contribution in [0.1, 0.15) is 24.2 Å². The number of anilines is 2. The Bertz CT molecular complexity index is 515. The predicted octanol–water partition coefficient (Wildman–Crippen LogP) is 2.88. The molecule has 0 unspecified atom stereocenters. The van der Waals surface area contributed by atoms with E-state index in [0.29, 0.717) is 0 Å². The van der Waals surface area contributed by atoms with Crippen LogP contribution in [-0.4, -0.2) is 29.8 Å². The van der Waals surface area contributed by atoms with Gasteiger partial charge in [-0.05, 0) is 26.0 Å². The molecule has 0 bridgehead atoms. The number of carboxylic acids is 1. The maximum absolute atomic E-state index is 13.3. The smallest absolute Gasteiger partial charge is 0.405 e. The van der Waals surface area contributed by atoms with Crippen molar-refractivity contribution in [3.05, 3.63) is 23.5 Å². The SMILES string of the molecule is CC(C)N(CC(F)(F)F)c1ccc(F)c(N)c1C(=O)O. The number of nitrogen functional groups attached to an aromatic ring is 1. The molecule has 20 heavy (non-hydrogen) atoms. The monoisotopic (exact) mass is 294 g/mol. The first kappa shape index (κ1) is 16.1. The highest BCUT2D eigenvalue weighted by molar-refractivity contribution is 6.00. The fraction of sp³-hybridized carbons (Fsp3) is 0.417. The summed E-state index contributed by atoms with van der Waals surface area (Å²) in [5.74, 6) is -2.56. The average molecular weight is 294 g/mol. The molecule has 0 fully saturated rings. The van der Waals surface area contributed by atoms with E-state index in [0.717, 1.165) is 17.0 Å². The second-order valence-electron chi connectivity index (χ2n) is 4.50. The second kappa shape index (κ2) is 5.56. The molecule has 0 aliphatic carbocycles. The highest BCUT2D eigenvalue weighted by atomic mass is 19.4. The van der Waals surface area contributed by atoms with E-state index in [4.69, 9.17) is 10.8 Å². The molecule has 8 heteroatoms. The molecule has 0 aliphatic heterocycles. The Labute approximate surface area is 112 Å². The first-order valence-corrected chi connectivity index (χ1v) is 5.69. The van der Waals surface area contributed by atoms with E-state index in [9.17, 15) is 22.4 Å². The van der Waals surface area contributed by atoms with E-state index in [2.05, 4.69) is 0 Å². The summed E-state index contributed by atoms with van der Waals surface area (Å²) in [6.45, 7) is 1.59. The molecule has 0 aliphatic rings. The molecule has 112 valence electrons. The van der Waals surface area contributed by atoms with E-state index in [1.807, 2.05) is 0 Å². The summed E-state index contributed by atoms with van der Waals surface area (Å²) in [5.41, 5.74) is 3.72. The summed E-state index contributed by atoms with van der Waals surface area (Å²) >= 11 is 0. The van der Waals surface area contributed by atoms with Gasteiger partial charge in [0.1, 0.15) is 17.9 Å². The fourth-order valence-corrected chi connectivity index (χ4v) is 1.79. The zero-order chi connectivity index (χ0) is 15.7. The lowest BCUT2D eigenvalue weighted by Gasteiger charge is -2.31. The lowest BCUT2D eigenvalue weighted by atomic mass is 10.1. The van der Waals surface area contributed by atoms with Crippen LogP contribution >= 0.6 is 0 Å². The number of hydrogen-bond donors (Lipinski definition) is 2. The number of nitrogens with two attached hydrogens (primary N) is 1. The molecule has 4 nitrogen and oxygen atoms in total. The molecule has 0 saturated heterocycles. The molecule has 0 atom stereocenters. The van der Waals surface area contributed by atoms with Gasteiger partial charge in [0, 0.05) is 6.04 Å². The maximum Gasteiger partial charge on any atom is 0.405 e. The predicted molar refractivity (Wildman–Crippen MR) is 66.3 cm³/mol. The number of hydrogen-bond acceptors (Lipinski definition) is 3. The molecule has 1 aromatic rings. The van der Waals surface area contributed by atoms with Crippen molar-refractivity contribution in [1.29, 1.82) is 0 Å². The molecular weight excluding hydrogens is 280 g/mol. The van der Waals surface area contributed by atoms with Gasteiger partial charge in [-0.1, -0.05) is 0 Å². The Balaban J connectivity index is 3.41. The minimum Gasteiger partial charge on any atom is -0.478 e. The van der Waals surface area contributed by atoms with E-state index in [-0.39, 0.29) is 5.69 Å². The third-order valence-corrected chi connectivity index (χ3v) is 2.67. The first-order chi connectivity index (χ1) is 9.04. The molecule has 1 aromatic carbocycles. The average Bonchev–Trinajstić information content (AvgIpc) is 2.27. The van der Waals surface area contributed by atoms with Crippen LogP contribution in [0.2, 0.25) is 0 Å². The van der Waals surface area contributed by atoms with Crippen molar-refractivity contribution >= 4 is 17.3 Å². The van der Waals surface area contributed by atoms with Gasteiger partial charge in [0.25, 0.3) is 0 Å². The van der Waals surface area contributed by atoms with Gasteiger partial charge in [-0.2, -0.15) is 13.2 Å². The van der Waals surface area contributed by atoms with Crippen molar-refractivity contribution < 1.29 is 27.5 Å². The van der Waals surface area contributed by atoms with Crippen molar-refractivity contribution in [2.45, 2.75) is 26.1 Å².